The van der Waals surface area contributed by atoms with E-state index in [4.69, 9.17) is 4.74 Å². The van der Waals surface area contributed by atoms with Gasteiger partial charge in [0.15, 0.2) is 0 Å². The van der Waals surface area contributed by atoms with Crippen LogP contribution in [0.25, 0.3) is 0 Å². The number of nitrogens with zero attached hydrogens (tertiary/aromatic N) is 1. The van der Waals surface area contributed by atoms with Crippen LogP contribution < -0.4 is 0 Å². The normalized spacial score (nSPS) is 16.7. The molecule has 0 radical (unpaired) electrons. The van der Waals surface area contributed by atoms with E-state index >= 15 is 0 Å². The highest BCUT2D eigenvalue weighted by atomic mass is 79.9. The van der Waals surface area contributed by atoms with Crippen molar-refractivity contribution < 1.29 is 18.3 Å². The van der Waals surface area contributed by atoms with Crippen LogP contribution in [0.5, 0.6) is 0 Å². The molecule has 0 bridgehead atoms. The molecule has 2 rings (SSSR count). The molecule has 1 amide bonds. The number of methoxy groups -OCH3 is 1. The van der Waals surface area contributed by atoms with Crippen molar-refractivity contribution >= 4 is 21.8 Å². The van der Waals surface area contributed by atoms with Crippen LogP contribution in [0.4, 0.5) is 8.78 Å². The second kappa shape index (κ2) is 5.96. The Balaban J connectivity index is 2.19. The summed E-state index contributed by atoms with van der Waals surface area (Å²) in [6, 6.07) is 1.96. The molecule has 1 fully saturated rings. The first-order valence-electron chi connectivity index (χ1n) is 6.00. The van der Waals surface area contributed by atoms with Crippen molar-refractivity contribution in [3.05, 3.63) is 33.8 Å². The molecule has 0 unspecified atom stereocenters. The molecule has 0 aliphatic carbocycles. The van der Waals surface area contributed by atoms with Gasteiger partial charge in [0.1, 0.15) is 11.6 Å². The minimum atomic E-state index is -0.716. The number of hydrogen-bond acceptors (Lipinski definition) is 2. The van der Waals surface area contributed by atoms with Crippen molar-refractivity contribution in [2.24, 2.45) is 0 Å². The van der Waals surface area contributed by atoms with Gasteiger partial charge in [0, 0.05) is 20.2 Å². The predicted molar refractivity (Wildman–Crippen MR) is 70.0 cm³/mol. The van der Waals surface area contributed by atoms with Crippen LogP contribution >= 0.6 is 15.9 Å². The highest BCUT2D eigenvalue weighted by molar-refractivity contribution is 9.10. The Hall–Kier alpha value is -1.01. The molecule has 1 aliphatic rings. The summed E-state index contributed by atoms with van der Waals surface area (Å²) in [6.07, 6.45) is 1.54. The van der Waals surface area contributed by atoms with Gasteiger partial charge in [0.05, 0.1) is 16.1 Å². The fourth-order valence-electron chi connectivity index (χ4n) is 2.18. The van der Waals surface area contributed by atoms with Crippen LogP contribution in [0.3, 0.4) is 0 Å². The Bertz CT molecular complexity index is 488. The number of hydrogen-bond donors (Lipinski definition) is 0. The predicted octanol–water partition coefficient (Wildman–Crippen LogP) is 2.98. The number of carbonyl (C=O) groups excluding carboxylic acids is 1. The Morgan fingerprint density at radius 3 is 2.47 bits per heavy atom. The smallest absolute Gasteiger partial charge is 0.258 e. The first-order valence-corrected chi connectivity index (χ1v) is 6.79. The number of ether oxygens (including phenoxy) is 1. The number of amides is 1. The van der Waals surface area contributed by atoms with E-state index in [-0.39, 0.29) is 16.1 Å². The van der Waals surface area contributed by atoms with E-state index in [0.717, 1.165) is 12.1 Å². The molecule has 1 aromatic carbocycles. The molecular formula is C13H14BrF2NO2. The van der Waals surface area contributed by atoms with Crippen LogP contribution in [-0.2, 0) is 4.74 Å². The average molecular weight is 334 g/mol. The first-order chi connectivity index (χ1) is 9.04. The van der Waals surface area contributed by atoms with E-state index in [1.807, 2.05) is 0 Å². The molecule has 0 aromatic heterocycles. The number of benzene rings is 1. The van der Waals surface area contributed by atoms with Crippen molar-refractivity contribution in [3.8, 4) is 0 Å². The van der Waals surface area contributed by atoms with E-state index in [2.05, 4.69) is 15.9 Å². The topological polar surface area (TPSA) is 29.5 Å². The van der Waals surface area contributed by atoms with Gasteiger partial charge < -0.3 is 9.64 Å². The molecule has 1 saturated heterocycles. The van der Waals surface area contributed by atoms with E-state index < -0.39 is 17.5 Å². The maximum absolute atomic E-state index is 13.7. The summed E-state index contributed by atoms with van der Waals surface area (Å²) in [5.74, 6) is -1.85. The summed E-state index contributed by atoms with van der Waals surface area (Å²) >= 11 is 2.94. The Labute approximate surface area is 118 Å². The molecule has 19 heavy (non-hydrogen) atoms. The van der Waals surface area contributed by atoms with E-state index in [0.29, 0.717) is 25.9 Å². The lowest BCUT2D eigenvalue weighted by Crippen LogP contribution is -2.41. The second-order valence-electron chi connectivity index (χ2n) is 4.45. The van der Waals surface area contributed by atoms with Crippen molar-refractivity contribution in [1.29, 1.82) is 0 Å². The summed E-state index contributed by atoms with van der Waals surface area (Å²) in [5.41, 5.74) is -0.240. The second-order valence-corrected chi connectivity index (χ2v) is 5.24. The maximum Gasteiger partial charge on any atom is 0.258 e. The Morgan fingerprint density at radius 1 is 1.32 bits per heavy atom. The van der Waals surface area contributed by atoms with Crippen LogP contribution in [0.2, 0.25) is 0 Å². The third-order valence-corrected chi connectivity index (χ3v) is 4.10. The average Bonchev–Trinajstić information content (AvgIpc) is 2.43. The number of halogens is 3. The molecule has 0 saturated carbocycles. The van der Waals surface area contributed by atoms with Gasteiger partial charge in [-0.2, -0.15) is 0 Å². The maximum atomic E-state index is 13.7. The van der Waals surface area contributed by atoms with Crippen LogP contribution in [0.15, 0.2) is 16.6 Å². The highest BCUT2D eigenvalue weighted by Crippen LogP contribution is 2.26. The van der Waals surface area contributed by atoms with Crippen molar-refractivity contribution in [2.45, 2.75) is 18.9 Å². The summed E-state index contributed by atoms with van der Waals surface area (Å²) in [6.45, 7) is 0.972. The van der Waals surface area contributed by atoms with Crippen molar-refractivity contribution in [1.82, 2.24) is 4.90 Å². The zero-order valence-corrected chi connectivity index (χ0v) is 12.0. The van der Waals surface area contributed by atoms with Crippen molar-refractivity contribution in [3.63, 3.8) is 0 Å². The van der Waals surface area contributed by atoms with Gasteiger partial charge in [-0.3, -0.25) is 4.79 Å². The zero-order valence-electron chi connectivity index (χ0n) is 10.5. The Kier molecular flexibility index (Phi) is 4.52. The van der Waals surface area contributed by atoms with Gasteiger partial charge in [-0.25, -0.2) is 8.78 Å². The third kappa shape index (κ3) is 2.95. The summed E-state index contributed by atoms with van der Waals surface area (Å²) < 4.78 is 32.2. The zero-order chi connectivity index (χ0) is 14.0. The van der Waals surface area contributed by atoms with Crippen LogP contribution in [-0.4, -0.2) is 37.1 Å². The molecule has 1 aromatic rings. The highest BCUT2D eigenvalue weighted by Gasteiger charge is 2.27. The molecule has 0 spiro atoms. The number of carbonyl (C=O) groups is 1. The minimum absolute atomic E-state index is 0.119. The molecule has 1 aliphatic heterocycles. The van der Waals surface area contributed by atoms with E-state index in [1.54, 1.807) is 7.11 Å². The molecule has 104 valence electrons. The SMILES string of the molecule is COC1CCN(C(=O)c2c(F)ccc(F)c2Br)CC1. The van der Waals surface area contributed by atoms with Crippen LogP contribution in [0.1, 0.15) is 23.2 Å². The van der Waals surface area contributed by atoms with Gasteiger partial charge in [-0.05, 0) is 40.9 Å². The van der Waals surface area contributed by atoms with E-state index in [1.165, 1.54) is 4.90 Å². The number of piperidine rings is 1. The standard InChI is InChI=1S/C13H14BrF2NO2/c1-19-8-4-6-17(7-5-8)13(18)11-9(15)2-3-10(16)12(11)14/h2-3,8H,4-7H2,1H3. The number of rotatable bonds is 2. The summed E-state index contributed by atoms with van der Waals surface area (Å²) in [4.78, 5) is 13.8. The monoisotopic (exact) mass is 333 g/mol. The van der Waals surface area contributed by atoms with Gasteiger partial charge in [0.25, 0.3) is 5.91 Å². The summed E-state index contributed by atoms with van der Waals surface area (Å²) in [5, 5.41) is 0. The fraction of sp³-hybridized carbons (Fsp3) is 0.462. The van der Waals surface area contributed by atoms with Crippen molar-refractivity contribution in [2.75, 3.05) is 20.2 Å². The summed E-state index contributed by atoms with van der Waals surface area (Å²) in [7, 11) is 1.63. The fourth-order valence-corrected chi connectivity index (χ4v) is 2.67. The lowest BCUT2D eigenvalue weighted by Gasteiger charge is -2.31. The van der Waals surface area contributed by atoms with E-state index in [9.17, 15) is 13.6 Å². The largest absolute Gasteiger partial charge is 0.381 e. The molecule has 3 nitrogen and oxygen atoms in total. The molecular weight excluding hydrogens is 320 g/mol. The molecule has 6 heteroatoms. The minimum Gasteiger partial charge on any atom is -0.381 e. The van der Waals surface area contributed by atoms with Gasteiger partial charge in [-0.15, -0.1) is 0 Å². The lowest BCUT2D eigenvalue weighted by molar-refractivity contribution is 0.0347. The van der Waals surface area contributed by atoms with Gasteiger partial charge in [-0.1, -0.05) is 0 Å². The lowest BCUT2D eigenvalue weighted by atomic mass is 10.1. The molecule has 1 heterocycles. The first kappa shape index (κ1) is 14.4. The quantitative estimate of drug-likeness (QED) is 0.779. The Morgan fingerprint density at radius 2 is 1.89 bits per heavy atom. The molecule has 0 atom stereocenters. The van der Waals surface area contributed by atoms with Gasteiger partial charge in [0.2, 0.25) is 0 Å². The molecule has 0 N–H and O–H groups in total. The third-order valence-electron chi connectivity index (χ3n) is 3.32. The van der Waals surface area contributed by atoms with Crippen LogP contribution in [0, 0.1) is 11.6 Å². The number of likely N-dealkylation sites (tertiary alicyclic amines) is 1. The van der Waals surface area contributed by atoms with Gasteiger partial charge >= 0.3 is 0 Å².